The number of benzene rings is 2. The van der Waals surface area contributed by atoms with Crippen LogP contribution in [0.25, 0.3) is 0 Å². The van der Waals surface area contributed by atoms with E-state index < -0.39 is 0 Å². The fourth-order valence-electron chi connectivity index (χ4n) is 2.32. The quantitative estimate of drug-likeness (QED) is 0.773. The Hall–Kier alpha value is -1.55. The molecule has 2 aromatic carbocycles. The topological polar surface area (TPSA) is 32.3 Å². The first kappa shape index (κ1) is 18.8. The number of aryl methyl sites for hydroxylation is 1. The molecule has 24 heavy (non-hydrogen) atoms. The van der Waals surface area contributed by atoms with E-state index in [1.54, 1.807) is 6.07 Å². The number of nitrogens with zero attached hydrogens (tertiary/aromatic N) is 1. The van der Waals surface area contributed by atoms with Crippen molar-refractivity contribution in [2.75, 3.05) is 26.0 Å². The molecule has 3 nitrogen and oxygen atoms in total. The van der Waals surface area contributed by atoms with Gasteiger partial charge in [0.05, 0.1) is 10.0 Å². The van der Waals surface area contributed by atoms with Crippen LogP contribution in [0.5, 0.6) is 0 Å². The minimum absolute atomic E-state index is 0.0351. The molecule has 1 amide bonds. The second-order valence-electron chi connectivity index (χ2n) is 6.01. The molecule has 0 aromatic heterocycles. The molecule has 0 atom stereocenters. The maximum atomic E-state index is 12.1. The number of rotatable bonds is 7. The standard InChI is InChI=1S/C19H22Cl2N2O/c1-23(2)13-12-14-6-9-16(10-7-14)22-18(24)11-8-15-4-3-5-17(20)19(15)21/h3-7,9-10H,8,11-13H2,1-2H3,(H,22,24). The number of amides is 1. The molecular formula is C19H22Cl2N2O. The highest BCUT2D eigenvalue weighted by Gasteiger charge is 2.08. The van der Waals surface area contributed by atoms with Crippen molar-refractivity contribution in [3.63, 3.8) is 0 Å². The number of hydrogen-bond donors (Lipinski definition) is 1. The van der Waals surface area contributed by atoms with Crippen LogP contribution in [-0.4, -0.2) is 31.4 Å². The normalized spacial score (nSPS) is 10.9. The minimum atomic E-state index is -0.0351. The molecular weight excluding hydrogens is 343 g/mol. The van der Waals surface area contributed by atoms with Gasteiger partial charge >= 0.3 is 0 Å². The summed E-state index contributed by atoms with van der Waals surface area (Å²) in [6.07, 6.45) is 1.92. The van der Waals surface area contributed by atoms with Crippen LogP contribution in [0.4, 0.5) is 5.69 Å². The molecule has 0 saturated heterocycles. The highest BCUT2D eigenvalue weighted by Crippen LogP contribution is 2.26. The SMILES string of the molecule is CN(C)CCc1ccc(NC(=O)CCc2cccc(Cl)c2Cl)cc1. The van der Waals surface area contributed by atoms with Gasteiger partial charge in [-0.15, -0.1) is 0 Å². The second kappa shape index (κ2) is 9.07. The van der Waals surface area contributed by atoms with Crippen molar-refractivity contribution < 1.29 is 4.79 Å². The molecule has 0 heterocycles. The van der Waals surface area contributed by atoms with E-state index in [4.69, 9.17) is 23.2 Å². The van der Waals surface area contributed by atoms with Crippen molar-refractivity contribution in [2.45, 2.75) is 19.3 Å². The summed E-state index contributed by atoms with van der Waals surface area (Å²) in [6, 6.07) is 13.4. The highest BCUT2D eigenvalue weighted by molar-refractivity contribution is 6.42. The van der Waals surface area contributed by atoms with Crippen LogP contribution in [-0.2, 0) is 17.6 Å². The van der Waals surface area contributed by atoms with Gasteiger partial charge in [-0.2, -0.15) is 0 Å². The van der Waals surface area contributed by atoms with E-state index in [-0.39, 0.29) is 5.91 Å². The average molecular weight is 365 g/mol. The minimum Gasteiger partial charge on any atom is -0.326 e. The lowest BCUT2D eigenvalue weighted by molar-refractivity contribution is -0.116. The molecule has 0 aliphatic heterocycles. The predicted octanol–water partition coefficient (Wildman–Crippen LogP) is 4.67. The van der Waals surface area contributed by atoms with Gasteiger partial charge in [0.15, 0.2) is 0 Å². The Morgan fingerprint density at radius 3 is 2.42 bits per heavy atom. The lowest BCUT2D eigenvalue weighted by atomic mass is 10.1. The number of hydrogen-bond acceptors (Lipinski definition) is 2. The van der Waals surface area contributed by atoms with Crippen LogP contribution in [0.15, 0.2) is 42.5 Å². The Labute approximate surface area is 153 Å². The van der Waals surface area contributed by atoms with Gasteiger partial charge in [0, 0.05) is 18.7 Å². The zero-order valence-electron chi connectivity index (χ0n) is 14.0. The van der Waals surface area contributed by atoms with Crippen molar-refractivity contribution in [1.29, 1.82) is 0 Å². The zero-order valence-corrected chi connectivity index (χ0v) is 15.5. The number of nitrogens with one attached hydrogen (secondary N) is 1. The Kier molecular flexibility index (Phi) is 7.10. The lowest BCUT2D eigenvalue weighted by Crippen LogP contribution is -2.15. The van der Waals surface area contributed by atoms with E-state index in [0.717, 1.165) is 24.2 Å². The van der Waals surface area contributed by atoms with Gasteiger partial charge in [0.25, 0.3) is 0 Å². The van der Waals surface area contributed by atoms with Gasteiger partial charge in [-0.25, -0.2) is 0 Å². The van der Waals surface area contributed by atoms with E-state index in [2.05, 4.69) is 24.3 Å². The van der Waals surface area contributed by atoms with Gasteiger partial charge < -0.3 is 10.2 Å². The third kappa shape index (κ3) is 5.82. The third-order valence-electron chi connectivity index (χ3n) is 3.74. The summed E-state index contributed by atoms with van der Waals surface area (Å²) in [5.41, 5.74) is 2.96. The first-order valence-corrected chi connectivity index (χ1v) is 8.67. The molecule has 0 saturated carbocycles. The molecule has 0 aliphatic rings. The summed E-state index contributed by atoms with van der Waals surface area (Å²) in [4.78, 5) is 14.2. The van der Waals surface area contributed by atoms with E-state index in [1.807, 2.05) is 36.4 Å². The van der Waals surface area contributed by atoms with Gasteiger partial charge in [-0.05, 0) is 56.3 Å². The van der Waals surface area contributed by atoms with Crippen molar-refractivity contribution in [1.82, 2.24) is 4.90 Å². The molecule has 5 heteroatoms. The molecule has 0 bridgehead atoms. The van der Waals surface area contributed by atoms with Crippen LogP contribution in [0, 0.1) is 0 Å². The molecule has 0 aliphatic carbocycles. The van der Waals surface area contributed by atoms with Crippen LogP contribution < -0.4 is 5.32 Å². The van der Waals surface area contributed by atoms with Crippen molar-refractivity contribution in [3.8, 4) is 0 Å². The molecule has 0 fully saturated rings. The second-order valence-corrected chi connectivity index (χ2v) is 6.80. The molecule has 0 radical (unpaired) electrons. The van der Waals surface area contributed by atoms with Crippen LogP contribution in [0.1, 0.15) is 17.5 Å². The van der Waals surface area contributed by atoms with Crippen LogP contribution >= 0.6 is 23.2 Å². The summed E-state index contributed by atoms with van der Waals surface area (Å²) in [6.45, 7) is 1.01. The smallest absolute Gasteiger partial charge is 0.224 e. The van der Waals surface area contributed by atoms with Crippen molar-refractivity contribution in [3.05, 3.63) is 63.6 Å². The highest BCUT2D eigenvalue weighted by atomic mass is 35.5. The zero-order chi connectivity index (χ0) is 17.5. The largest absolute Gasteiger partial charge is 0.326 e. The Balaban J connectivity index is 1.85. The summed E-state index contributed by atoms with van der Waals surface area (Å²) in [5.74, 6) is -0.0351. The molecule has 2 rings (SSSR count). The predicted molar refractivity (Wildman–Crippen MR) is 102 cm³/mol. The van der Waals surface area contributed by atoms with E-state index >= 15 is 0 Å². The summed E-state index contributed by atoms with van der Waals surface area (Å²) >= 11 is 12.1. The van der Waals surface area contributed by atoms with Crippen molar-refractivity contribution >= 4 is 34.8 Å². The van der Waals surface area contributed by atoms with E-state index in [9.17, 15) is 4.79 Å². The van der Waals surface area contributed by atoms with Gasteiger partial charge in [0.2, 0.25) is 5.91 Å². The molecule has 1 N–H and O–H groups in total. The molecule has 0 unspecified atom stereocenters. The fraction of sp³-hybridized carbons (Fsp3) is 0.316. The monoisotopic (exact) mass is 364 g/mol. The van der Waals surface area contributed by atoms with Crippen LogP contribution in [0.3, 0.4) is 0 Å². The van der Waals surface area contributed by atoms with Gasteiger partial charge in [-0.3, -0.25) is 4.79 Å². The average Bonchev–Trinajstić information content (AvgIpc) is 2.55. The van der Waals surface area contributed by atoms with Crippen LogP contribution in [0.2, 0.25) is 10.0 Å². The number of halogens is 2. The first-order chi connectivity index (χ1) is 11.5. The van der Waals surface area contributed by atoms with Gasteiger partial charge in [-0.1, -0.05) is 47.5 Å². The summed E-state index contributed by atoms with van der Waals surface area (Å²) < 4.78 is 0. The molecule has 128 valence electrons. The fourth-order valence-corrected chi connectivity index (χ4v) is 2.74. The summed E-state index contributed by atoms with van der Waals surface area (Å²) in [7, 11) is 4.11. The maximum Gasteiger partial charge on any atom is 0.224 e. The number of carbonyl (C=O) groups is 1. The first-order valence-electron chi connectivity index (χ1n) is 7.92. The number of anilines is 1. The molecule has 0 spiro atoms. The maximum absolute atomic E-state index is 12.1. The lowest BCUT2D eigenvalue weighted by Gasteiger charge is -2.10. The number of likely N-dealkylation sites (N-methyl/N-ethyl adjacent to an activating group) is 1. The summed E-state index contributed by atoms with van der Waals surface area (Å²) in [5, 5.41) is 3.95. The van der Waals surface area contributed by atoms with E-state index in [1.165, 1.54) is 5.56 Å². The van der Waals surface area contributed by atoms with Crippen molar-refractivity contribution in [2.24, 2.45) is 0 Å². The number of carbonyl (C=O) groups excluding carboxylic acids is 1. The Morgan fingerprint density at radius 2 is 1.75 bits per heavy atom. The molecule has 2 aromatic rings. The Morgan fingerprint density at radius 1 is 1.04 bits per heavy atom. The third-order valence-corrected chi connectivity index (χ3v) is 4.60. The van der Waals surface area contributed by atoms with E-state index in [0.29, 0.717) is 22.9 Å². The Bertz CT molecular complexity index is 684. The van der Waals surface area contributed by atoms with Gasteiger partial charge in [0.1, 0.15) is 0 Å².